The van der Waals surface area contributed by atoms with Crippen LogP contribution in [0.4, 0.5) is 0 Å². The zero-order valence-corrected chi connectivity index (χ0v) is 30.5. The van der Waals surface area contributed by atoms with Crippen molar-refractivity contribution < 1.29 is 19.0 Å². The molecule has 2 aromatic heterocycles. The highest BCUT2D eigenvalue weighted by molar-refractivity contribution is 6.32. The van der Waals surface area contributed by atoms with Gasteiger partial charge >= 0.3 is 5.97 Å². The minimum atomic E-state index is -0.645. The first-order chi connectivity index (χ1) is 22.9. The Bertz CT molecular complexity index is 1720. The van der Waals surface area contributed by atoms with Crippen molar-refractivity contribution in [3.63, 3.8) is 0 Å². The Hall–Kier alpha value is -3.37. The Morgan fingerprint density at radius 2 is 1.73 bits per heavy atom. The van der Waals surface area contributed by atoms with Crippen molar-refractivity contribution in [3.05, 3.63) is 69.1 Å². The number of nitrogens with zero attached hydrogens (tertiary/aromatic N) is 4. The first-order valence-electron chi connectivity index (χ1n) is 17.2. The van der Waals surface area contributed by atoms with Crippen LogP contribution in [0.25, 0.3) is 22.0 Å². The molecule has 0 atom stereocenters. The van der Waals surface area contributed by atoms with Crippen LogP contribution in [-0.2, 0) is 29.0 Å². The summed E-state index contributed by atoms with van der Waals surface area (Å²) >= 11 is 6.40. The van der Waals surface area contributed by atoms with E-state index < -0.39 is 5.60 Å². The Kier molecular flexibility index (Phi) is 11.6. The molecule has 1 fully saturated rings. The van der Waals surface area contributed by atoms with E-state index in [0.717, 1.165) is 113 Å². The van der Waals surface area contributed by atoms with Gasteiger partial charge in [-0.05, 0) is 103 Å². The molecule has 0 radical (unpaired) electrons. The number of aromatic nitrogens is 3. The molecule has 9 nitrogen and oxygen atoms in total. The number of ether oxygens (including phenoxy) is 3. The van der Waals surface area contributed by atoms with Crippen LogP contribution in [0.5, 0.6) is 5.75 Å². The van der Waals surface area contributed by atoms with Crippen molar-refractivity contribution in [1.82, 2.24) is 19.2 Å². The molecule has 3 heterocycles. The van der Waals surface area contributed by atoms with Gasteiger partial charge in [0.25, 0.3) is 0 Å². The molecule has 0 bridgehead atoms. The third-order valence-electron chi connectivity index (χ3n) is 9.00. The number of morpholine rings is 1. The van der Waals surface area contributed by atoms with E-state index in [9.17, 15) is 4.79 Å². The van der Waals surface area contributed by atoms with Gasteiger partial charge in [0.15, 0.2) is 0 Å². The molecular weight excluding hydrogens is 626 g/mol. The lowest BCUT2D eigenvalue weighted by molar-refractivity contribution is 0.00538. The van der Waals surface area contributed by atoms with Crippen molar-refractivity contribution in [2.45, 2.75) is 86.4 Å². The Morgan fingerprint density at radius 1 is 1.02 bits per heavy atom. The van der Waals surface area contributed by atoms with Gasteiger partial charge in [-0.25, -0.2) is 4.79 Å². The zero-order valence-electron chi connectivity index (χ0n) is 29.7. The van der Waals surface area contributed by atoms with Gasteiger partial charge in [-0.3, -0.25) is 9.58 Å². The number of carbonyl (C=O) groups excluding carboxylic acids is 1. The lowest BCUT2D eigenvalue weighted by atomic mass is 9.98. The quantitative estimate of drug-likeness (QED) is 0.120. The van der Waals surface area contributed by atoms with E-state index in [0.29, 0.717) is 31.8 Å². The molecule has 0 aliphatic carbocycles. The number of benzene rings is 2. The summed E-state index contributed by atoms with van der Waals surface area (Å²) in [6.45, 7) is 20.4. The number of fused-ring (bicyclic) bond motifs is 1. The molecule has 0 unspecified atom stereocenters. The predicted octanol–water partition coefficient (Wildman–Crippen LogP) is 7.04. The number of nitrogens with two attached hydrogens (primary N) is 1. The van der Waals surface area contributed by atoms with Crippen LogP contribution >= 0.6 is 11.6 Å². The van der Waals surface area contributed by atoms with Crippen LogP contribution in [0.2, 0.25) is 5.02 Å². The maximum atomic E-state index is 14.2. The largest absolute Gasteiger partial charge is 0.494 e. The summed E-state index contributed by atoms with van der Waals surface area (Å²) in [5, 5.41) is 6.73. The van der Waals surface area contributed by atoms with Crippen molar-refractivity contribution >= 4 is 28.5 Å². The van der Waals surface area contributed by atoms with Gasteiger partial charge in [-0.15, -0.1) is 0 Å². The zero-order chi connectivity index (χ0) is 34.6. The number of halogens is 1. The summed E-state index contributed by atoms with van der Waals surface area (Å²) < 4.78 is 22.2. The van der Waals surface area contributed by atoms with E-state index >= 15 is 0 Å². The minimum Gasteiger partial charge on any atom is -0.494 e. The standard InChI is InChI=1S/C38H52ClN5O4/c1-25-23-29(24-26(2)34(25)39)47-20-9-13-31-30-11-8-12-32(33-27(3)41-44(28(33)4)15-10-14-40)35(30)43(17-16-42-18-21-46-22-19-42)36(31)37(45)48-38(5,6)7/h8,11-12,23-24H,9-10,13-22,40H2,1-7H3. The molecule has 5 rings (SSSR count). The number of hydrogen-bond acceptors (Lipinski definition) is 7. The highest BCUT2D eigenvalue weighted by Gasteiger charge is 2.30. The topological polar surface area (TPSA) is 96.8 Å². The van der Waals surface area contributed by atoms with E-state index in [1.807, 2.05) is 46.8 Å². The van der Waals surface area contributed by atoms with Gasteiger partial charge in [0.2, 0.25) is 0 Å². The van der Waals surface area contributed by atoms with Crippen molar-refractivity contribution in [3.8, 4) is 16.9 Å². The fourth-order valence-electron chi connectivity index (χ4n) is 6.76. The molecule has 2 N–H and O–H groups in total. The molecule has 1 aliphatic heterocycles. The lowest BCUT2D eigenvalue weighted by Crippen LogP contribution is -2.38. The average Bonchev–Trinajstić information content (AvgIpc) is 3.51. The highest BCUT2D eigenvalue weighted by Crippen LogP contribution is 2.39. The van der Waals surface area contributed by atoms with Crippen molar-refractivity contribution in [2.24, 2.45) is 5.73 Å². The van der Waals surface area contributed by atoms with Gasteiger partial charge in [0, 0.05) is 60.0 Å². The number of para-hydroxylation sites is 1. The maximum absolute atomic E-state index is 14.2. The Labute approximate surface area is 290 Å². The first-order valence-corrected chi connectivity index (χ1v) is 17.6. The third kappa shape index (κ3) is 8.08. The first kappa shape index (κ1) is 35.9. The summed E-state index contributed by atoms with van der Waals surface area (Å²) in [6.07, 6.45) is 2.22. The van der Waals surface area contributed by atoms with Crippen LogP contribution < -0.4 is 10.5 Å². The molecule has 0 saturated carbocycles. The minimum absolute atomic E-state index is 0.307. The number of rotatable bonds is 13. The molecule has 1 aliphatic rings. The fraction of sp³-hybridized carbons (Fsp3) is 0.526. The van der Waals surface area contributed by atoms with Crippen LogP contribution in [-0.4, -0.2) is 76.8 Å². The van der Waals surface area contributed by atoms with Crippen LogP contribution in [0, 0.1) is 27.7 Å². The second kappa shape index (κ2) is 15.5. The van der Waals surface area contributed by atoms with Crippen molar-refractivity contribution in [1.29, 1.82) is 0 Å². The normalized spacial score (nSPS) is 14.2. The second-order valence-electron chi connectivity index (χ2n) is 13.9. The molecule has 0 amide bonds. The number of hydrogen-bond donors (Lipinski definition) is 1. The van der Waals surface area contributed by atoms with Gasteiger partial charge in [-0.2, -0.15) is 5.10 Å². The fourth-order valence-corrected chi connectivity index (χ4v) is 6.87. The molecule has 4 aromatic rings. The van der Waals surface area contributed by atoms with Crippen molar-refractivity contribution in [2.75, 3.05) is 46.0 Å². The van der Waals surface area contributed by atoms with E-state index in [1.165, 1.54) is 0 Å². The summed E-state index contributed by atoms with van der Waals surface area (Å²) in [6, 6.07) is 10.4. The van der Waals surface area contributed by atoms with E-state index in [1.54, 1.807) is 0 Å². The molecule has 1 saturated heterocycles. The van der Waals surface area contributed by atoms with Gasteiger partial charge in [-0.1, -0.05) is 29.8 Å². The van der Waals surface area contributed by atoms with E-state index in [-0.39, 0.29) is 5.97 Å². The maximum Gasteiger partial charge on any atom is 0.355 e. The molecule has 2 aromatic carbocycles. The van der Waals surface area contributed by atoms with Gasteiger partial charge in [0.05, 0.1) is 31.0 Å². The van der Waals surface area contributed by atoms with Crippen LogP contribution in [0.15, 0.2) is 30.3 Å². The third-order valence-corrected chi connectivity index (χ3v) is 9.59. The lowest BCUT2D eigenvalue weighted by Gasteiger charge is -2.27. The van der Waals surface area contributed by atoms with E-state index in [4.69, 9.17) is 36.6 Å². The molecule has 48 heavy (non-hydrogen) atoms. The molecule has 260 valence electrons. The summed E-state index contributed by atoms with van der Waals surface area (Å²) in [5.41, 5.74) is 14.1. The van der Waals surface area contributed by atoms with Crippen LogP contribution in [0.3, 0.4) is 0 Å². The van der Waals surface area contributed by atoms with Crippen LogP contribution in [0.1, 0.15) is 72.2 Å². The molecular formula is C38H52ClN5O4. The Balaban J connectivity index is 1.60. The predicted molar refractivity (Wildman–Crippen MR) is 193 cm³/mol. The number of carbonyl (C=O) groups is 1. The summed E-state index contributed by atoms with van der Waals surface area (Å²) in [4.78, 5) is 16.6. The second-order valence-corrected chi connectivity index (χ2v) is 14.2. The average molecular weight is 678 g/mol. The van der Waals surface area contributed by atoms with Gasteiger partial charge < -0.3 is 24.5 Å². The summed E-state index contributed by atoms with van der Waals surface area (Å²) in [5.74, 6) is 0.494. The van der Waals surface area contributed by atoms with Gasteiger partial charge in [0.1, 0.15) is 17.0 Å². The number of esters is 1. The number of aryl methyl sites for hydroxylation is 5. The molecule has 0 spiro atoms. The smallest absolute Gasteiger partial charge is 0.355 e. The molecule has 10 heteroatoms. The van der Waals surface area contributed by atoms with E-state index in [2.05, 4.69) is 46.2 Å². The SMILES string of the molecule is Cc1cc(OCCCc2c(C(=O)OC(C)(C)C)n(CCN3CCOCC3)c3c(-c4c(C)nn(CCCN)c4C)cccc23)cc(C)c1Cl. The summed E-state index contributed by atoms with van der Waals surface area (Å²) in [7, 11) is 0. The monoisotopic (exact) mass is 677 g/mol. The Morgan fingerprint density at radius 3 is 2.40 bits per heavy atom. The highest BCUT2D eigenvalue weighted by atomic mass is 35.5.